The Morgan fingerprint density at radius 2 is 0.759 bits per heavy atom. The first-order chi connectivity index (χ1) is 25.4. The summed E-state index contributed by atoms with van der Waals surface area (Å²) in [6, 6.07) is 15.8. The number of nitriles is 1. The predicted molar refractivity (Wildman–Crippen MR) is 209 cm³/mol. The van der Waals surface area contributed by atoms with Crippen LogP contribution < -0.4 is 55.3 Å². The van der Waals surface area contributed by atoms with E-state index in [4.69, 9.17) is 44.6 Å². The Morgan fingerprint density at radius 3 is 1.00 bits per heavy atom. The fourth-order valence-electron chi connectivity index (χ4n) is 4.43. The summed E-state index contributed by atoms with van der Waals surface area (Å²) in [7, 11) is 0. The van der Waals surface area contributed by atoms with Crippen LogP contribution in [-0.4, -0.2) is 58.5 Å². The third-order valence-electron chi connectivity index (χ3n) is 7.02. The summed E-state index contributed by atoms with van der Waals surface area (Å²) in [5.41, 5.74) is 35.2. The van der Waals surface area contributed by atoms with Crippen LogP contribution >= 0.6 is 0 Å². The van der Waals surface area contributed by atoms with Crippen molar-refractivity contribution in [3.8, 4) is 6.07 Å². The summed E-state index contributed by atoms with van der Waals surface area (Å²) < 4.78 is 0. The first kappa shape index (κ1) is 40.3. The maximum atomic E-state index is 13.7. The number of nitrogens with zero attached hydrogens (tertiary/aromatic N) is 5. The molecule has 0 atom stereocenters. The average Bonchev–Trinajstić information content (AvgIpc) is 3.13. The second-order valence-electron chi connectivity index (χ2n) is 11.3. The van der Waals surface area contributed by atoms with Crippen molar-refractivity contribution in [1.29, 1.82) is 26.9 Å². The van der Waals surface area contributed by atoms with Crippen molar-refractivity contribution in [3.05, 3.63) is 93.5 Å². The fraction of sp³-hybridized carbons (Fsp3) is 0.121. The number of rotatable bonds is 12. The number of hydrogen-bond donors (Lipinski definition) is 14. The van der Waals surface area contributed by atoms with Gasteiger partial charge in [-0.25, -0.2) is 21.7 Å². The molecule has 18 N–H and O–H groups in total. The molecule has 0 heterocycles. The van der Waals surface area contributed by atoms with Crippen molar-refractivity contribution in [2.24, 2.45) is 43.3 Å². The zero-order valence-corrected chi connectivity index (χ0v) is 29.6. The lowest BCUT2D eigenvalue weighted by atomic mass is 10.0. The Kier molecular flexibility index (Phi) is 13.6. The molecule has 3 aromatic rings. The van der Waals surface area contributed by atoms with Gasteiger partial charge in [0.15, 0.2) is 0 Å². The number of anilines is 2. The highest BCUT2D eigenvalue weighted by Crippen LogP contribution is 2.21. The minimum Gasteiger partial charge on any atom is -0.369 e. The van der Waals surface area contributed by atoms with Gasteiger partial charge in [-0.2, -0.15) is 25.7 Å². The number of guanidine groups is 4. The quantitative estimate of drug-likeness (QED) is 0.0704. The molecule has 0 aromatic heterocycles. The van der Waals surface area contributed by atoms with Gasteiger partial charge < -0.3 is 33.6 Å². The minimum absolute atomic E-state index is 0.00978. The number of carbonyl (C=O) groups excluding carboxylic acids is 2. The van der Waals surface area contributed by atoms with Gasteiger partial charge in [-0.15, -0.1) is 0 Å². The third-order valence-corrected chi connectivity index (χ3v) is 7.02. The minimum atomic E-state index is -0.656. The number of nitrogens with two attached hydrogens (primary N) is 4. The van der Waals surface area contributed by atoms with E-state index in [2.05, 4.69) is 52.7 Å². The van der Waals surface area contributed by atoms with Crippen molar-refractivity contribution < 1.29 is 9.59 Å². The van der Waals surface area contributed by atoms with Crippen molar-refractivity contribution in [2.45, 2.75) is 27.7 Å². The van der Waals surface area contributed by atoms with Gasteiger partial charge in [-0.3, -0.25) is 31.2 Å². The summed E-state index contributed by atoms with van der Waals surface area (Å²) in [4.78, 5) is 27.3. The van der Waals surface area contributed by atoms with Gasteiger partial charge >= 0.3 is 0 Å². The van der Waals surface area contributed by atoms with E-state index in [0.29, 0.717) is 45.1 Å². The molecule has 21 heteroatoms. The van der Waals surface area contributed by atoms with Crippen LogP contribution in [0.4, 0.5) is 11.4 Å². The van der Waals surface area contributed by atoms with Gasteiger partial charge in [0, 0.05) is 44.8 Å². The van der Waals surface area contributed by atoms with Gasteiger partial charge in [0.2, 0.25) is 23.8 Å². The molecule has 0 aliphatic rings. The summed E-state index contributed by atoms with van der Waals surface area (Å²) in [6.45, 7) is 6.59. The summed E-state index contributed by atoms with van der Waals surface area (Å²) in [6.07, 6.45) is 0. The number of carbonyl (C=O) groups is 2. The number of hydrazone groups is 4. The van der Waals surface area contributed by atoms with Crippen LogP contribution in [0.1, 0.15) is 76.2 Å². The number of benzene rings is 3. The Hall–Kier alpha value is -8.15. The molecule has 278 valence electrons. The molecule has 0 radical (unpaired) electrons. The van der Waals surface area contributed by atoms with E-state index in [1.165, 1.54) is 18.2 Å². The lowest BCUT2D eigenvalue weighted by Crippen LogP contribution is -2.27. The maximum Gasteiger partial charge on any atom is 0.255 e. The Labute approximate surface area is 309 Å². The van der Waals surface area contributed by atoms with Crippen LogP contribution in [0, 0.1) is 33.0 Å². The van der Waals surface area contributed by atoms with Gasteiger partial charge in [-0.1, -0.05) is 0 Å². The van der Waals surface area contributed by atoms with E-state index >= 15 is 0 Å². The lowest BCUT2D eigenvalue weighted by Gasteiger charge is -2.13. The molecule has 3 rings (SSSR count). The zero-order valence-electron chi connectivity index (χ0n) is 29.6. The van der Waals surface area contributed by atoms with Crippen LogP contribution in [0.5, 0.6) is 0 Å². The topological polar surface area (TPSA) is 379 Å². The number of amides is 2. The second kappa shape index (κ2) is 18.2. The lowest BCUT2D eigenvalue weighted by molar-refractivity contribution is 0.102. The van der Waals surface area contributed by atoms with E-state index in [-0.39, 0.29) is 51.9 Å². The second-order valence-corrected chi connectivity index (χ2v) is 11.3. The van der Waals surface area contributed by atoms with Crippen molar-refractivity contribution in [2.75, 3.05) is 10.6 Å². The van der Waals surface area contributed by atoms with E-state index in [0.717, 1.165) is 0 Å². The van der Waals surface area contributed by atoms with E-state index in [1.807, 2.05) is 6.07 Å². The highest BCUT2D eigenvalue weighted by Gasteiger charge is 2.17. The monoisotopic (exact) mass is 733 g/mol. The smallest absolute Gasteiger partial charge is 0.255 e. The number of hydrogen-bond acceptors (Lipinski definition) is 11. The highest BCUT2D eigenvalue weighted by atomic mass is 16.2. The molecule has 21 nitrogen and oxygen atoms in total. The molecule has 0 fully saturated rings. The molecule has 0 spiro atoms. The summed E-state index contributed by atoms with van der Waals surface area (Å²) in [5, 5.41) is 61.2. The maximum absolute atomic E-state index is 13.7. The Morgan fingerprint density at radius 1 is 0.500 bits per heavy atom. The van der Waals surface area contributed by atoms with Crippen LogP contribution in [-0.2, 0) is 0 Å². The first-order valence-corrected chi connectivity index (χ1v) is 15.5. The SMILES string of the molecule is C/C(=N/NC(=N)N)c1cc(NC(=O)c2cc(C#N)cc(C(=O)Nc3cc(/C(C)=N\NC(=N)N)cc(/C(C)=N/NC(=N)N)c3)c2)cc(/C(C)=N\NC(=N)N)c1. The van der Waals surface area contributed by atoms with Crippen molar-refractivity contribution >= 4 is 69.9 Å². The molecular formula is C33H39N19O2. The molecular weight excluding hydrogens is 694 g/mol. The largest absolute Gasteiger partial charge is 0.369 e. The van der Waals surface area contributed by atoms with E-state index in [1.54, 1.807) is 64.1 Å². The Balaban J connectivity index is 2.03. The van der Waals surface area contributed by atoms with Gasteiger partial charge in [0.05, 0.1) is 34.5 Å². The van der Waals surface area contributed by atoms with Crippen LogP contribution in [0.2, 0.25) is 0 Å². The normalized spacial score (nSPS) is 11.8. The molecule has 54 heavy (non-hydrogen) atoms. The van der Waals surface area contributed by atoms with E-state index in [9.17, 15) is 14.9 Å². The van der Waals surface area contributed by atoms with Crippen LogP contribution in [0.25, 0.3) is 0 Å². The van der Waals surface area contributed by atoms with Gasteiger partial charge in [-0.05, 0) is 82.3 Å². The Bertz CT molecular complexity index is 1950. The van der Waals surface area contributed by atoms with Gasteiger partial charge in [0.25, 0.3) is 11.8 Å². The number of nitrogens with one attached hydrogen (secondary N) is 10. The van der Waals surface area contributed by atoms with Crippen molar-refractivity contribution in [1.82, 2.24) is 21.7 Å². The van der Waals surface area contributed by atoms with Crippen LogP contribution in [0.3, 0.4) is 0 Å². The average molecular weight is 734 g/mol. The van der Waals surface area contributed by atoms with Crippen LogP contribution in [0.15, 0.2) is 75.0 Å². The molecule has 0 aliphatic carbocycles. The molecule has 2 amide bonds. The first-order valence-electron chi connectivity index (χ1n) is 15.5. The predicted octanol–water partition coefficient (Wildman–Crippen LogP) is 0.891. The molecule has 0 saturated carbocycles. The standard InChI is InChI=1S/C33H39N19O2/c1-15(45-49-30(35)36)20-7-21(16(2)46-50-31(37)38)11-26(10-20)43-28(53)24-5-19(14-34)6-25(9-24)29(54)44-27-12-22(17(3)47-51-32(39)40)8-23(13-27)18(4)48-52-33(41)42/h5-13H,1-4H3,(H,43,53)(H,44,54)(H4,35,36,49)(H4,37,38,50)(H4,39,40,51)(H4,41,42,52)/b45-15-,46-16-,47-17-,48-18+. The molecule has 0 saturated heterocycles. The molecule has 0 unspecified atom stereocenters. The van der Waals surface area contributed by atoms with Crippen molar-refractivity contribution in [3.63, 3.8) is 0 Å². The summed E-state index contributed by atoms with van der Waals surface area (Å²) in [5.74, 6) is -2.85. The fourth-order valence-corrected chi connectivity index (χ4v) is 4.43. The summed E-state index contributed by atoms with van der Waals surface area (Å²) >= 11 is 0. The zero-order chi connectivity index (χ0) is 40.1. The molecule has 0 aliphatic heterocycles. The third kappa shape index (κ3) is 12.0. The molecule has 0 bridgehead atoms. The molecule has 3 aromatic carbocycles. The highest BCUT2D eigenvalue weighted by molar-refractivity contribution is 6.12. The van der Waals surface area contributed by atoms with Gasteiger partial charge in [0.1, 0.15) is 0 Å². The van der Waals surface area contributed by atoms with E-state index < -0.39 is 11.8 Å².